The first-order valence-electron chi connectivity index (χ1n) is 13.4. The Morgan fingerprint density at radius 3 is 1.95 bits per heavy atom. The fourth-order valence-electron chi connectivity index (χ4n) is 4.52. The van der Waals surface area contributed by atoms with Crippen molar-refractivity contribution in [2.75, 3.05) is 10.2 Å². The lowest BCUT2D eigenvalue weighted by Gasteiger charge is -2.12. The van der Waals surface area contributed by atoms with Gasteiger partial charge in [0.1, 0.15) is 0 Å². The van der Waals surface area contributed by atoms with E-state index in [2.05, 4.69) is 28.5 Å². The maximum absolute atomic E-state index is 13.5. The van der Waals surface area contributed by atoms with Gasteiger partial charge in [-0.1, -0.05) is 122 Å². The highest BCUT2D eigenvalue weighted by atomic mass is 127. The van der Waals surface area contributed by atoms with E-state index in [9.17, 15) is 9.00 Å². The molecule has 0 saturated carbocycles. The second kappa shape index (κ2) is 16.6. The van der Waals surface area contributed by atoms with Crippen LogP contribution in [0.15, 0.2) is 76.7 Å². The molecule has 1 unspecified atom stereocenters. The summed E-state index contributed by atoms with van der Waals surface area (Å²) in [5.74, 6) is 3.32. The molecule has 0 fully saturated rings. The molecule has 0 bridgehead atoms. The normalized spacial score (nSPS) is 11.8. The lowest BCUT2D eigenvalue weighted by molar-refractivity contribution is 0.563. The van der Waals surface area contributed by atoms with Crippen LogP contribution < -0.4 is 5.43 Å². The molecule has 3 nitrogen and oxygen atoms in total. The lowest BCUT2D eigenvalue weighted by Crippen LogP contribution is -2.13. The number of pyridine rings is 1. The van der Waals surface area contributed by atoms with Crippen molar-refractivity contribution in [3.63, 3.8) is 0 Å². The molecule has 0 spiro atoms. The Labute approximate surface area is 238 Å². The zero-order valence-electron chi connectivity index (χ0n) is 21.7. The van der Waals surface area contributed by atoms with Gasteiger partial charge in [0.25, 0.3) is 0 Å². The van der Waals surface area contributed by atoms with E-state index in [1.165, 1.54) is 55.8 Å². The molecule has 1 heterocycles. The van der Waals surface area contributed by atoms with Gasteiger partial charge in [-0.2, -0.15) is 0 Å². The molecule has 5 heteroatoms. The summed E-state index contributed by atoms with van der Waals surface area (Å²) in [6.07, 6.45) is 21.9. The van der Waals surface area contributed by atoms with Gasteiger partial charge in [0.05, 0.1) is 17.3 Å². The summed E-state index contributed by atoms with van der Waals surface area (Å²) in [5.41, 5.74) is 2.77. The van der Waals surface area contributed by atoms with Crippen LogP contribution in [0.2, 0.25) is 0 Å². The van der Waals surface area contributed by atoms with Gasteiger partial charge >= 0.3 is 0 Å². The van der Waals surface area contributed by atoms with E-state index in [1.807, 2.05) is 65.4 Å². The quantitative estimate of drug-likeness (QED) is 0.0695. The molecule has 1 aromatic heterocycles. The molecular formula is C32H38INO2S. The van der Waals surface area contributed by atoms with Crippen molar-refractivity contribution in [3.05, 3.63) is 77.2 Å². The van der Waals surface area contributed by atoms with E-state index in [0.29, 0.717) is 23.4 Å². The summed E-state index contributed by atoms with van der Waals surface area (Å²) in [6.45, 7) is 0.372. The number of nitrogens with zero attached hydrogens (tertiary/aromatic N) is 1. The molecule has 2 aromatic carbocycles. The monoisotopic (exact) mass is 627 g/mol. The highest BCUT2D eigenvalue weighted by Crippen LogP contribution is 2.24. The van der Waals surface area contributed by atoms with Gasteiger partial charge in [0.2, 0.25) is 0 Å². The van der Waals surface area contributed by atoms with Gasteiger partial charge in [-0.15, -0.1) is 6.42 Å². The first-order chi connectivity index (χ1) is 18.1. The number of aromatic nitrogens is 1. The average molecular weight is 628 g/mol. The second-order valence-electron chi connectivity index (χ2n) is 9.46. The molecule has 0 saturated heterocycles. The van der Waals surface area contributed by atoms with E-state index < -0.39 is 10.8 Å². The predicted octanol–water partition coefficient (Wildman–Crippen LogP) is 8.26. The fourth-order valence-corrected chi connectivity index (χ4v) is 6.25. The van der Waals surface area contributed by atoms with E-state index >= 15 is 0 Å². The summed E-state index contributed by atoms with van der Waals surface area (Å²) < 4.78 is 16.2. The van der Waals surface area contributed by atoms with Crippen LogP contribution in [0.5, 0.6) is 0 Å². The van der Waals surface area contributed by atoms with Crippen molar-refractivity contribution >= 4 is 33.4 Å². The Kier molecular flexibility index (Phi) is 13.2. The van der Waals surface area contributed by atoms with Crippen molar-refractivity contribution in [1.29, 1.82) is 0 Å². The maximum Gasteiger partial charge on any atom is 0.197 e. The molecule has 0 aliphatic carbocycles. The number of hydrogen-bond donors (Lipinski definition) is 0. The van der Waals surface area contributed by atoms with Gasteiger partial charge in [0.15, 0.2) is 5.43 Å². The first-order valence-corrected chi connectivity index (χ1v) is 16.3. The first kappa shape index (κ1) is 29.4. The number of halogens is 1. The summed E-state index contributed by atoms with van der Waals surface area (Å²) in [6, 6.07) is 17.2. The Hall–Kier alpha value is -2.17. The standard InChI is InChI=1S/C32H38INO2S/c1-2-22-34-25-30(27-17-12-11-13-18-27)32(35)31(26-34)28-19-16-20-29(24-28)37(36)23-15-10-8-6-4-3-5-7-9-14-21-33/h1,11-13,16-20,24-26H,3-10,14-15,21-23H2. The van der Waals surface area contributed by atoms with Crippen LogP contribution in [0, 0.1) is 12.3 Å². The zero-order valence-corrected chi connectivity index (χ0v) is 24.6. The molecule has 3 rings (SSSR count). The molecular weight excluding hydrogens is 589 g/mol. The van der Waals surface area contributed by atoms with E-state index in [4.69, 9.17) is 6.42 Å². The molecule has 37 heavy (non-hydrogen) atoms. The zero-order chi connectivity index (χ0) is 26.3. The Morgan fingerprint density at radius 1 is 0.757 bits per heavy atom. The minimum Gasteiger partial charge on any atom is -0.341 e. The lowest BCUT2D eigenvalue weighted by atomic mass is 10.0. The molecule has 3 aromatic rings. The summed E-state index contributed by atoms with van der Waals surface area (Å²) >= 11 is 2.45. The number of rotatable bonds is 16. The molecule has 0 aliphatic rings. The molecule has 0 amide bonds. The molecule has 0 N–H and O–H groups in total. The Balaban J connectivity index is 1.59. The number of unbranched alkanes of at least 4 members (excludes halogenated alkanes) is 9. The van der Waals surface area contributed by atoms with Crippen molar-refractivity contribution in [1.82, 2.24) is 4.57 Å². The van der Waals surface area contributed by atoms with Crippen LogP contribution in [-0.2, 0) is 17.3 Å². The summed E-state index contributed by atoms with van der Waals surface area (Å²) in [5, 5.41) is 0. The molecule has 196 valence electrons. The SMILES string of the molecule is C#CCn1cc(-c2ccccc2)c(=O)c(-c2cccc(S(=O)CCCCCCCCCCCCI)c2)c1. The van der Waals surface area contributed by atoms with Crippen LogP contribution in [-0.4, -0.2) is 19.0 Å². The Morgan fingerprint density at radius 2 is 1.32 bits per heavy atom. The number of benzene rings is 2. The third-order valence-electron chi connectivity index (χ3n) is 6.56. The van der Waals surface area contributed by atoms with Crippen LogP contribution in [0.1, 0.15) is 64.2 Å². The maximum atomic E-state index is 13.5. The van der Waals surface area contributed by atoms with Crippen LogP contribution in [0.3, 0.4) is 0 Å². The largest absolute Gasteiger partial charge is 0.341 e. The van der Waals surface area contributed by atoms with Gasteiger partial charge in [-0.3, -0.25) is 9.00 Å². The second-order valence-corrected chi connectivity index (χ2v) is 12.1. The average Bonchev–Trinajstić information content (AvgIpc) is 2.93. The number of terminal acetylenes is 1. The van der Waals surface area contributed by atoms with Gasteiger partial charge < -0.3 is 4.57 Å². The molecule has 1 atom stereocenters. The molecule has 0 radical (unpaired) electrons. The van der Waals surface area contributed by atoms with Crippen molar-refractivity contribution in [3.8, 4) is 34.6 Å². The minimum absolute atomic E-state index is 0.0487. The molecule has 0 aliphatic heterocycles. The highest BCUT2D eigenvalue weighted by Gasteiger charge is 2.13. The third-order valence-corrected chi connectivity index (χ3v) is 8.76. The van der Waals surface area contributed by atoms with E-state index in [0.717, 1.165) is 28.9 Å². The van der Waals surface area contributed by atoms with Crippen LogP contribution >= 0.6 is 22.6 Å². The van der Waals surface area contributed by atoms with E-state index in [-0.39, 0.29) is 5.43 Å². The topological polar surface area (TPSA) is 39.1 Å². The van der Waals surface area contributed by atoms with Gasteiger partial charge in [-0.25, -0.2) is 0 Å². The third kappa shape index (κ3) is 9.57. The predicted molar refractivity (Wildman–Crippen MR) is 167 cm³/mol. The minimum atomic E-state index is -1.08. The van der Waals surface area contributed by atoms with Gasteiger partial charge in [0, 0.05) is 34.2 Å². The van der Waals surface area contributed by atoms with Crippen molar-refractivity contribution in [2.24, 2.45) is 0 Å². The number of hydrogen-bond acceptors (Lipinski definition) is 2. The number of alkyl halides is 1. The highest BCUT2D eigenvalue weighted by molar-refractivity contribution is 14.1. The van der Waals surface area contributed by atoms with Gasteiger partial charge in [-0.05, 0) is 40.5 Å². The summed E-state index contributed by atoms with van der Waals surface area (Å²) in [4.78, 5) is 14.2. The van der Waals surface area contributed by atoms with Crippen molar-refractivity contribution in [2.45, 2.75) is 75.6 Å². The smallest absolute Gasteiger partial charge is 0.197 e. The Bertz CT molecular complexity index is 1230. The fraction of sp³-hybridized carbons (Fsp3) is 0.406. The summed E-state index contributed by atoms with van der Waals surface area (Å²) in [7, 11) is -1.08. The van der Waals surface area contributed by atoms with Crippen LogP contribution in [0.25, 0.3) is 22.3 Å². The van der Waals surface area contributed by atoms with Crippen LogP contribution in [0.4, 0.5) is 0 Å². The van der Waals surface area contributed by atoms with E-state index in [1.54, 1.807) is 6.20 Å². The van der Waals surface area contributed by atoms with Crippen molar-refractivity contribution < 1.29 is 4.21 Å².